The lowest BCUT2D eigenvalue weighted by molar-refractivity contribution is -0.149. The van der Waals surface area contributed by atoms with Crippen LogP contribution in [0.1, 0.15) is 24.0 Å². The Balaban J connectivity index is 1.68. The van der Waals surface area contributed by atoms with Crippen LogP contribution in [0.2, 0.25) is 0 Å². The number of oxazole rings is 1. The van der Waals surface area contributed by atoms with E-state index in [0.29, 0.717) is 0 Å². The molecule has 1 amide bonds. The van der Waals surface area contributed by atoms with Crippen molar-refractivity contribution in [3.63, 3.8) is 0 Å². The zero-order chi connectivity index (χ0) is 25.3. The third-order valence-electron chi connectivity index (χ3n) is 5.08. The van der Waals surface area contributed by atoms with Crippen LogP contribution in [0.5, 0.6) is 0 Å². The first-order valence-electron chi connectivity index (χ1n) is 9.70. The van der Waals surface area contributed by atoms with Crippen LogP contribution in [-0.2, 0) is 15.7 Å². The number of hydrogen-bond acceptors (Lipinski definition) is 6. The van der Waals surface area contributed by atoms with Gasteiger partial charge in [0, 0.05) is 5.56 Å². The number of ether oxygens (including phenoxy) is 1. The summed E-state index contributed by atoms with van der Waals surface area (Å²) < 4.78 is 77.0. The van der Waals surface area contributed by atoms with E-state index in [2.05, 4.69) is 20.9 Å². The first kappa shape index (κ1) is 26.0. The summed E-state index contributed by atoms with van der Waals surface area (Å²) in [5.41, 5.74) is 1.89. The minimum Gasteiger partial charge on any atom is -0.430 e. The topological polar surface area (TPSA) is 119 Å². The van der Waals surface area contributed by atoms with Gasteiger partial charge in [0.2, 0.25) is 11.5 Å². The second-order valence-electron chi connectivity index (χ2n) is 7.30. The van der Waals surface area contributed by atoms with Gasteiger partial charge < -0.3 is 25.1 Å². The van der Waals surface area contributed by atoms with Crippen molar-refractivity contribution in [2.45, 2.75) is 36.6 Å². The van der Waals surface area contributed by atoms with E-state index in [1.165, 1.54) is 0 Å². The van der Waals surface area contributed by atoms with Gasteiger partial charge in [0.05, 0.1) is 18.3 Å². The van der Waals surface area contributed by atoms with Crippen molar-refractivity contribution in [1.82, 2.24) is 4.98 Å². The van der Waals surface area contributed by atoms with Gasteiger partial charge in [-0.1, -0.05) is 18.2 Å². The third-order valence-corrected chi connectivity index (χ3v) is 5.62. The fourth-order valence-electron chi connectivity index (χ4n) is 3.20. The molecule has 4 unspecified atom stereocenters. The summed E-state index contributed by atoms with van der Waals surface area (Å²) >= 11 is 3.05. The van der Waals surface area contributed by atoms with Gasteiger partial charge in [0.25, 0.3) is 5.91 Å². The average molecular weight is 553 g/mol. The van der Waals surface area contributed by atoms with Crippen molar-refractivity contribution in [2.75, 3.05) is 6.61 Å². The van der Waals surface area contributed by atoms with Gasteiger partial charge in [-0.05, 0) is 46.6 Å². The van der Waals surface area contributed by atoms with Gasteiger partial charge in [0.15, 0.2) is 16.9 Å². The molecule has 1 aromatic carbocycles. The molecule has 0 saturated heterocycles. The van der Waals surface area contributed by atoms with Gasteiger partial charge in [-0.2, -0.15) is 13.2 Å². The molecule has 0 bridgehead atoms. The number of aromatic nitrogens is 1. The summed E-state index contributed by atoms with van der Waals surface area (Å²) in [4.78, 5) is 15.7. The number of rotatable bonds is 8. The molecule has 0 aliphatic heterocycles. The molecule has 1 aliphatic rings. The summed E-state index contributed by atoms with van der Waals surface area (Å²) in [5, 5.41) is 20.6. The number of aliphatic hydroxyl groups excluding tert-OH is 2. The molecule has 0 saturated carbocycles. The van der Waals surface area contributed by atoms with Crippen LogP contribution in [-0.4, -0.2) is 45.6 Å². The second kappa shape index (κ2) is 9.94. The van der Waals surface area contributed by atoms with E-state index in [1.807, 2.05) is 0 Å². The van der Waals surface area contributed by atoms with E-state index >= 15 is 0 Å². The third kappa shape index (κ3) is 5.06. The Hall–Kier alpha value is -2.61. The molecule has 0 fully saturated rings. The van der Waals surface area contributed by atoms with Crippen molar-refractivity contribution >= 4 is 21.8 Å². The van der Waals surface area contributed by atoms with E-state index in [9.17, 15) is 37.0 Å². The molecule has 3 rings (SSSR count). The number of allylic oxidation sites excluding steroid dienone is 2. The highest BCUT2D eigenvalue weighted by atomic mass is 79.9. The largest absolute Gasteiger partial charge is 0.430 e. The molecule has 7 nitrogen and oxygen atoms in total. The Labute approximate surface area is 197 Å². The number of primary amides is 1. The van der Waals surface area contributed by atoms with Crippen molar-refractivity contribution in [2.24, 2.45) is 5.73 Å². The number of amides is 1. The number of carbonyl (C=O) groups excluding carboxylic acids is 1. The number of halogens is 6. The van der Waals surface area contributed by atoms with Crippen LogP contribution >= 0.6 is 15.9 Å². The maximum atomic E-state index is 14.3. The summed E-state index contributed by atoms with van der Waals surface area (Å²) in [7, 11) is 0. The molecule has 1 aromatic heterocycles. The van der Waals surface area contributed by atoms with Crippen LogP contribution in [0, 0.1) is 0 Å². The summed E-state index contributed by atoms with van der Waals surface area (Å²) in [5.74, 6) is -3.04. The molecule has 2 aromatic rings. The average Bonchev–Trinajstić information content (AvgIpc) is 3.16. The van der Waals surface area contributed by atoms with Crippen molar-refractivity contribution in [3.8, 4) is 11.3 Å². The van der Waals surface area contributed by atoms with E-state index in [1.54, 1.807) is 0 Å². The zero-order valence-electron chi connectivity index (χ0n) is 17.1. The lowest BCUT2D eigenvalue weighted by Crippen LogP contribution is -2.54. The number of alkyl halides is 4. The van der Waals surface area contributed by atoms with Gasteiger partial charge in [0.1, 0.15) is 11.5 Å². The van der Waals surface area contributed by atoms with E-state index in [0.717, 1.165) is 42.5 Å². The molecule has 4 N–H and O–H groups in total. The van der Waals surface area contributed by atoms with Crippen molar-refractivity contribution in [3.05, 3.63) is 64.4 Å². The highest BCUT2D eigenvalue weighted by Gasteiger charge is 2.51. The van der Waals surface area contributed by atoms with Crippen LogP contribution in [0.25, 0.3) is 11.3 Å². The first-order chi connectivity index (χ1) is 15.9. The van der Waals surface area contributed by atoms with Crippen LogP contribution in [0.15, 0.2) is 57.4 Å². The maximum Gasteiger partial charge on any atom is 0.416 e. The first-order valence-corrected chi connectivity index (χ1v) is 10.5. The maximum absolute atomic E-state index is 14.3. The van der Waals surface area contributed by atoms with Crippen LogP contribution < -0.4 is 5.73 Å². The van der Waals surface area contributed by atoms with Gasteiger partial charge in [-0.25, -0.2) is 13.8 Å². The predicted molar refractivity (Wildman–Crippen MR) is 111 cm³/mol. The van der Waals surface area contributed by atoms with Crippen LogP contribution in [0.4, 0.5) is 22.0 Å². The molecule has 4 atom stereocenters. The Morgan fingerprint density at radius 2 is 1.94 bits per heavy atom. The molecule has 1 heterocycles. The lowest BCUT2D eigenvalue weighted by atomic mass is 9.90. The standard InChI is InChI=1S/C21H18BrF5N2O5/c22-17-15(10-4-6-11(7-5-10)21(25,26)27)29-18(34-17)16(31)12(30)8-9-33-20(19(28)32)13(23)2-1-3-14(20)24/h1-7,12-13,16,30-31H,8-9H2,(H2,28,32). The lowest BCUT2D eigenvalue weighted by Gasteiger charge is -2.32. The number of nitrogens with two attached hydrogens (primary N) is 1. The fourth-order valence-corrected chi connectivity index (χ4v) is 3.69. The SMILES string of the molecule is NC(=O)C1(OCCC(O)C(O)c2nc(-c3ccc(C(F)(F)F)cc3)c(Br)o2)C(F)=CC=CC1F. The Kier molecular flexibility index (Phi) is 7.60. The van der Waals surface area contributed by atoms with E-state index < -0.39 is 60.5 Å². The van der Waals surface area contributed by atoms with E-state index in [4.69, 9.17) is 14.9 Å². The quantitative estimate of drug-likeness (QED) is 0.427. The molecular weight excluding hydrogens is 535 g/mol. The smallest absolute Gasteiger partial charge is 0.416 e. The Bertz CT molecular complexity index is 1100. The fraction of sp³-hybridized carbons (Fsp3) is 0.333. The molecular formula is C21H18BrF5N2O5. The zero-order valence-corrected chi connectivity index (χ0v) is 18.7. The summed E-state index contributed by atoms with van der Waals surface area (Å²) in [6.07, 6.45) is -7.72. The van der Waals surface area contributed by atoms with Gasteiger partial charge in [-0.15, -0.1) is 0 Å². The molecule has 184 valence electrons. The summed E-state index contributed by atoms with van der Waals surface area (Å²) in [6, 6.07) is 4.01. The minimum atomic E-state index is -4.52. The second-order valence-corrected chi connectivity index (χ2v) is 8.02. The number of aliphatic hydroxyl groups is 2. The highest BCUT2D eigenvalue weighted by molar-refractivity contribution is 9.10. The molecule has 0 spiro atoms. The Morgan fingerprint density at radius 1 is 1.29 bits per heavy atom. The van der Waals surface area contributed by atoms with Crippen LogP contribution in [0.3, 0.4) is 0 Å². The van der Waals surface area contributed by atoms with Crippen molar-refractivity contribution < 1.29 is 46.1 Å². The Morgan fingerprint density at radius 3 is 2.50 bits per heavy atom. The highest BCUT2D eigenvalue weighted by Crippen LogP contribution is 2.36. The number of carbonyl (C=O) groups is 1. The molecule has 34 heavy (non-hydrogen) atoms. The molecule has 1 aliphatic carbocycles. The van der Waals surface area contributed by atoms with Gasteiger partial charge >= 0.3 is 6.18 Å². The van der Waals surface area contributed by atoms with E-state index in [-0.39, 0.29) is 21.8 Å². The normalized spacial score (nSPS) is 22.4. The predicted octanol–water partition coefficient (Wildman–Crippen LogP) is 3.91. The molecule has 0 radical (unpaired) electrons. The number of hydrogen-bond donors (Lipinski definition) is 3. The summed E-state index contributed by atoms with van der Waals surface area (Å²) in [6.45, 7) is -0.579. The minimum absolute atomic E-state index is 0.0149. The number of nitrogens with zero attached hydrogens (tertiary/aromatic N) is 1. The molecule has 13 heteroatoms. The van der Waals surface area contributed by atoms with Gasteiger partial charge in [-0.3, -0.25) is 4.79 Å². The number of benzene rings is 1. The van der Waals surface area contributed by atoms with Crippen molar-refractivity contribution in [1.29, 1.82) is 0 Å². The monoisotopic (exact) mass is 552 g/mol.